The van der Waals surface area contributed by atoms with Gasteiger partial charge in [0.2, 0.25) is 10.0 Å². The molecule has 3 aromatic rings. The molecule has 0 saturated carbocycles. The lowest BCUT2D eigenvalue weighted by Gasteiger charge is -2.31. The first-order valence-electron chi connectivity index (χ1n) is 14.3. The number of hydrogen-bond acceptors (Lipinski definition) is 6. The van der Waals surface area contributed by atoms with Gasteiger partial charge in [-0.15, -0.1) is 0 Å². The molecule has 1 unspecified atom stereocenters. The van der Waals surface area contributed by atoms with Gasteiger partial charge in [0.25, 0.3) is 0 Å². The van der Waals surface area contributed by atoms with Crippen molar-refractivity contribution in [3.8, 4) is 16.9 Å². The van der Waals surface area contributed by atoms with Crippen molar-refractivity contribution >= 4 is 16.0 Å². The quantitative estimate of drug-likeness (QED) is 0.251. The number of rotatable bonds is 14. The first kappa shape index (κ1) is 31.7. The van der Waals surface area contributed by atoms with E-state index in [9.17, 15) is 18.3 Å². The summed E-state index contributed by atoms with van der Waals surface area (Å²) in [6, 6.07) is 20.9. The third-order valence-corrected chi connectivity index (χ3v) is 9.80. The Kier molecular flexibility index (Phi) is 10.1. The van der Waals surface area contributed by atoms with Crippen LogP contribution in [-0.4, -0.2) is 67.8 Å². The van der Waals surface area contributed by atoms with Gasteiger partial charge in [-0.2, -0.15) is 4.31 Å². The van der Waals surface area contributed by atoms with Gasteiger partial charge in [0.05, 0.1) is 13.2 Å². The zero-order valence-electron chi connectivity index (χ0n) is 24.8. The number of hydrogen-bond donors (Lipinski definition) is 3. The van der Waals surface area contributed by atoms with Crippen LogP contribution in [0.15, 0.2) is 71.6 Å². The lowest BCUT2D eigenvalue weighted by atomic mass is 9.88. The highest BCUT2D eigenvalue weighted by molar-refractivity contribution is 7.89. The van der Waals surface area contributed by atoms with Crippen LogP contribution in [0.5, 0.6) is 5.75 Å². The molecule has 0 spiro atoms. The van der Waals surface area contributed by atoms with E-state index in [2.05, 4.69) is 43.4 Å². The Morgan fingerprint density at radius 3 is 2.36 bits per heavy atom. The minimum absolute atomic E-state index is 0.00206. The molecule has 8 nitrogen and oxygen atoms in total. The van der Waals surface area contributed by atoms with E-state index < -0.39 is 22.1 Å². The van der Waals surface area contributed by atoms with Crippen LogP contribution in [0.1, 0.15) is 43.4 Å². The number of aliphatic carboxylic acids is 1. The van der Waals surface area contributed by atoms with Gasteiger partial charge in [0.15, 0.2) is 0 Å². The summed E-state index contributed by atoms with van der Waals surface area (Å²) in [7, 11) is -1.12. The molecule has 0 bridgehead atoms. The molecule has 0 heterocycles. The summed E-state index contributed by atoms with van der Waals surface area (Å²) < 4.78 is 33.9. The van der Waals surface area contributed by atoms with Crippen molar-refractivity contribution in [2.45, 2.75) is 62.5 Å². The molecule has 3 N–H and O–H groups in total. The fourth-order valence-electron chi connectivity index (χ4n) is 5.83. The number of aliphatic hydroxyl groups is 1. The van der Waals surface area contributed by atoms with Gasteiger partial charge in [0.1, 0.15) is 10.6 Å². The van der Waals surface area contributed by atoms with Gasteiger partial charge < -0.3 is 20.3 Å². The highest BCUT2D eigenvalue weighted by atomic mass is 32.2. The number of benzene rings is 3. The maximum atomic E-state index is 13.7. The second-order valence-corrected chi connectivity index (χ2v) is 13.9. The number of aliphatic hydroxyl groups excluding tert-OH is 1. The lowest BCUT2D eigenvalue weighted by molar-refractivity contribution is -0.136. The summed E-state index contributed by atoms with van der Waals surface area (Å²) >= 11 is 0. The van der Waals surface area contributed by atoms with Crippen molar-refractivity contribution in [1.82, 2.24) is 9.62 Å². The highest BCUT2D eigenvalue weighted by Gasteiger charge is 2.30. The second kappa shape index (κ2) is 13.4. The molecule has 3 aromatic carbocycles. The molecular weight excluding hydrogens is 552 g/mol. The van der Waals surface area contributed by atoms with Crippen molar-refractivity contribution in [1.29, 1.82) is 0 Å². The summed E-state index contributed by atoms with van der Waals surface area (Å²) in [6.07, 6.45) is 2.54. The number of sulfonamides is 1. The predicted molar refractivity (Wildman–Crippen MR) is 164 cm³/mol. The predicted octanol–water partition coefficient (Wildman–Crippen LogP) is 4.53. The number of β-amino-alcohol motifs (C(OH)–C–C–N with tert-alkyl or cyclic N) is 1. The zero-order valence-corrected chi connectivity index (χ0v) is 25.7. The van der Waals surface area contributed by atoms with E-state index >= 15 is 0 Å². The number of fused-ring (bicyclic) bond motifs is 1. The monoisotopic (exact) mass is 594 g/mol. The number of carboxylic acids is 1. The molecule has 226 valence electrons. The molecule has 0 aliphatic heterocycles. The van der Waals surface area contributed by atoms with Crippen molar-refractivity contribution < 1.29 is 28.2 Å². The molecule has 0 aromatic heterocycles. The minimum atomic E-state index is -4.00. The Morgan fingerprint density at radius 1 is 1.05 bits per heavy atom. The number of nitrogens with zero attached hydrogens (tertiary/aromatic N) is 1. The van der Waals surface area contributed by atoms with Gasteiger partial charge in [-0.05, 0) is 85.4 Å². The number of ether oxygens (including phenoxy) is 1. The fraction of sp³-hybridized carbons (Fsp3) is 0.424. The lowest BCUT2D eigenvalue weighted by Crippen LogP contribution is -2.47. The van der Waals surface area contributed by atoms with Gasteiger partial charge in [-0.25, -0.2) is 8.42 Å². The Hall–Kier alpha value is -3.24. The Bertz CT molecular complexity index is 1480. The van der Waals surface area contributed by atoms with Gasteiger partial charge >= 0.3 is 5.97 Å². The zero-order chi connectivity index (χ0) is 30.5. The molecular formula is C33H42N2O6S. The van der Waals surface area contributed by atoms with Crippen LogP contribution in [0, 0.1) is 5.92 Å². The second-order valence-electron chi connectivity index (χ2n) is 11.9. The van der Waals surface area contributed by atoms with Crippen molar-refractivity contribution in [3.63, 3.8) is 0 Å². The van der Waals surface area contributed by atoms with E-state index in [4.69, 9.17) is 9.84 Å². The molecule has 0 fully saturated rings. The number of carbonyl (C=O) groups is 1. The first-order chi connectivity index (χ1) is 19.9. The molecule has 1 aliphatic carbocycles. The molecule has 4 rings (SSSR count). The van der Waals surface area contributed by atoms with Crippen molar-refractivity contribution in [2.24, 2.45) is 5.92 Å². The number of carboxylic acid groups (broad SMARTS) is 1. The van der Waals surface area contributed by atoms with Crippen LogP contribution >= 0.6 is 0 Å². The summed E-state index contributed by atoms with van der Waals surface area (Å²) in [5.41, 5.74) is 4.89. The third kappa shape index (κ3) is 7.98. The SMILES string of the molecule is COc1ccc(-c2cccc(CCC(=O)O)c2)cc1S(=O)(=O)N(C)CC(O)CNC(C)(C)CC1Cc2ccccc2C1. The maximum Gasteiger partial charge on any atom is 0.303 e. The van der Waals surface area contributed by atoms with Crippen LogP contribution in [0.4, 0.5) is 0 Å². The molecule has 9 heteroatoms. The normalized spacial score (nSPS) is 14.6. The van der Waals surface area contributed by atoms with E-state index in [1.807, 2.05) is 24.3 Å². The van der Waals surface area contributed by atoms with E-state index in [1.54, 1.807) is 18.2 Å². The standard InChI is InChI=1S/C33H42N2O6S/c1-33(2,20-24-17-25-9-5-6-10-26(25)18-24)34-21-29(36)22-35(3)42(39,40)31-19-28(13-14-30(31)41-4)27-11-7-8-23(16-27)12-15-32(37)38/h5-11,13-14,16,19,24,29,34,36H,12,15,17-18,20-22H2,1-4H3,(H,37,38). The fourth-order valence-corrected chi connectivity index (χ4v) is 7.21. The Labute approximate surface area is 249 Å². The van der Waals surface area contributed by atoms with E-state index in [0.717, 1.165) is 34.7 Å². The topological polar surface area (TPSA) is 116 Å². The van der Waals surface area contributed by atoms with Crippen LogP contribution in [-0.2, 0) is 34.1 Å². The molecule has 0 radical (unpaired) electrons. The van der Waals surface area contributed by atoms with Crippen LogP contribution in [0.25, 0.3) is 11.1 Å². The summed E-state index contributed by atoms with van der Waals surface area (Å²) in [5.74, 6) is -0.136. The average molecular weight is 595 g/mol. The molecule has 0 amide bonds. The molecule has 1 aliphatic rings. The van der Waals surface area contributed by atoms with Crippen molar-refractivity contribution in [3.05, 3.63) is 83.4 Å². The number of aryl methyl sites for hydroxylation is 1. The number of nitrogens with one attached hydrogen (secondary N) is 1. The first-order valence-corrected chi connectivity index (χ1v) is 15.8. The average Bonchev–Trinajstić information content (AvgIpc) is 3.36. The Balaban J connectivity index is 1.40. The largest absolute Gasteiger partial charge is 0.495 e. The molecule has 0 saturated heterocycles. The maximum absolute atomic E-state index is 13.7. The van der Waals surface area contributed by atoms with Crippen molar-refractivity contribution in [2.75, 3.05) is 27.2 Å². The van der Waals surface area contributed by atoms with Gasteiger partial charge in [0, 0.05) is 32.1 Å². The summed E-state index contributed by atoms with van der Waals surface area (Å²) in [4.78, 5) is 11.0. The molecule has 1 atom stereocenters. The summed E-state index contributed by atoms with van der Waals surface area (Å²) in [5, 5.41) is 23.3. The van der Waals surface area contributed by atoms with Crippen LogP contribution in [0.3, 0.4) is 0 Å². The summed E-state index contributed by atoms with van der Waals surface area (Å²) in [6.45, 7) is 4.41. The Morgan fingerprint density at radius 2 is 1.71 bits per heavy atom. The number of methoxy groups -OCH3 is 1. The van der Waals surface area contributed by atoms with E-state index in [1.165, 1.54) is 25.3 Å². The van der Waals surface area contributed by atoms with E-state index in [0.29, 0.717) is 17.9 Å². The van der Waals surface area contributed by atoms with Crippen LogP contribution < -0.4 is 10.1 Å². The number of likely N-dealkylation sites (N-methyl/N-ethyl adjacent to an activating group) is 1. The van der Waals surface area contributed by atoms with Crippen LogP contribution in [0.2, 0.25) is 0 Å². The molecule has 42 heavy (non-hydrogen) atoms. The van der Waals surface area contributed by atoms with Gasteiger partial charge in [-0.3, -0.25) is 4.79 Å². The third-order valence-electron chi connectivity index (χ3n) is 7.96. The minimum Gasteiger partial charge on any atom is -0.495 e. The smallest absolute Gasteiger partial charge is 0.303 e. The van der Waals surface area contributed by atoms with Gasteiger partial charge in [-0.1, -0.05) is 54.6 Å². The highest BCUT2D eigenvalue weighted by Crippen LogP contribution is 2.33. The van der Waals surface area contributed by atoms with E-state index in [-0.39, 0.29) is 35.7 Å².